The zero-order valence-electron chi connectivity index (χ0n) is 6.80. The maximum atomic E-state index is 10.3. The van der Waals surface area contributed by atoms with Crippen molar-refractivity contribution in [3.8, 4) is 0 Å². The van der Waals surface area contributed by atoms with Gasteiger partial charge in [0.25, 0.3) is 0 Å². The molecule has 1 aromatic heterocycles. The predicted octanol–water partition coefficient (Wildman–Crippen LogP) is -2.48. The zero-order chi connectivity index (χ0) is 8.43. The molecule has 0 aliphatic carbocycles. The fourth-order valence-corrected chi connectivity index (χ4v) is 1.20. The predicted molar refractivity (Wildman–Crippen MR) is 41.0 cm³/mol. The van der Waals surface area contributed by atoms with Gasteiger partial charge >= 0.3 is 29.6 Å². The molecule has 5 heteroatoms. The van der Waals surface area contributed by atoms with Crippen LogP contribution in [0.2, 0.25) is 0 Å². The summed E-state index contributed by atoms with van der Waals surface area (Å²) < 4.78 is 0.764. The van der Waals surface area contributed by atoms with Crippen LogP contribution in [0, 0.1) is 6.92 Å². The Balaban J connectivity index is 0.00000121. The van der Waals surface area contributed by atoms with Crippen LogP contribution >= 0.6 is 15.9 Å². The summed E-state index contributed by atoms with van der Waals surface area (Å²) in [6.07, 6.45) is 1.43. The Morgan fingerprint density at radius 3 is 2.67 bits per heavy atom. The summed E-state index contributed by atoms with van der Waals surface area (Å²) >= 11 is 3.17. The molecular weight excluding hydrogens is 233 g/mol. The second kappa shape index (κ2) is 4.97. The number of aryl methyl sites for hydroxylation is 1. The van der Waals surface area contributed by atoms with E-state index in [0.717, 1.165) is 4.47 Å². The number of carbonyl (C=O) groups excluding carboxylic acids is 1. The SMILES string of the molecule is Cc1cc(Br)cnc1C(=O)[O-].[Na+]. The number of halogens is 1. The number of carboxylic acids is 1. The van der Waals surface area contributed by atoms with Crippen molar-refractivity contribution in [1.82, 2.24) is 4.98 Å². The minimum absolute atomic E-state index is 0. The van der Waals surface area contributed by atoms with E-state index in [4.69, 9.17) is 0 Å². The van der Waals surface area contributed by atoms with Crippen molar-refractivity contribution in [1.29, 1.82) is 0 Å². The van der Waals surface area contributed by atoms with E-state index in [9.17, 15) is 9.90 Å². The van der Waals surface area contributed by atoms with E-state index in [2.05, 4.69) is 20.9 Å². The molecule has 0 aliphatic rings. The summed E-state index contributed by atoms with van der Waals surface area (Å²) in [6.45, 7) is 1.67. The number of carbonyl (C=O) groups is 1. The smallest absolute Gasteiger partial charge is 0.543 e. The number of hydrogen-bond donors (Lipinski definition) is 0. The number of aromatic carboxylic acids is 1. The van der Waals surface area contributed by atoms with Crippen LogP contribution in [0.15, 0.2) is 16.7 Å². The van der Waals surface area contributed by atoms with Crippen LogP contribution in [0.5, 0.6) is 0 Å². The molecule has 0 aromatic carbocycles. The van der Waals surface area contributed by atoms with E-state index in [1.165, 1.54) is 6.20 Å². The van der Waals surface area contributed by atoms with Crippen LogP contribution in [-0.2, 0) is 0 Å². The van der Waals surface area contributed by atoms with E-state index < -0.39 is 5.97 Å². The first-order valence-electron chi connectivity index (χ1n) is 2.95. The quantitative estimate of drug-likeness (QED) is 0.509. The summed E-state index contributed by atoms with van der Waals surface area (Å²) in [5.74, 6) is -1.24. The van der Waals surface area contributed by atoms with Gasteiger partial charge in [0.15, 0.2) is 0 Å². The summed E-state index contributed by atoms with van der Waals surface area (Å²) in [5, 5.41) is 10.3. The third kappa shape index (κ3) is 2.86. The van der Waals surface area contributed by atoms with Crippen molar-refractivity contribution < 1.29 is 39.5 Å². The summed E-state index contributed by atoms with van der Waals surface area (Å²) in [4.78, 5) is 14.0. The van der Waals surface area contributed by atoms with Crippen molar-refractivity contribution in [2.45, 2.75) is 6.92 Å². The third-order valence-electron chi connectivity index (χ3n) is 1.24. The summed E-state index contributed by atoms with van der Waals surface area (Å²) in [7, 11) is 0. The molecule has 58 valence electrons. The van der Waals surface area contributed by atoms with Crippen molar-refractivity contribution in [2.75, 3.05) is 0 Å². The standard InChI is InChI=1S/C7H6BrNO2.Na/c1-4-2-5(8)3-9-6(4)7(10)11;/h2-3H,1H3,(H,10,11);/q;+1/p-1. The average Bonchev–Trinajstić information content (AvgIpc) is 1.85. The maximum absolute atomic E-state index is 10.3. The second-order valence-corrected chi connectivity index (χ2v) is 3.02. The molecule has 0 unspecified atom stereocenters. The van der Waals surface area contributed by atoms with Gasteiger partial charge < -0.3 is 9.90 Å². The number of carboxylic acid groups (broad SMARTS) is 1. The molecule has 0 bridgehead atoms. The van der Waals surface area contributed by atoms with Gasteiger partial charge in [0.05, 0.1) is 11.7 Å². The van der Waals surface area contributed by atoms with Crippen LogP contribution in [0.1, 0.15) is 16.1 Å². The molecule has 1 aromatic rings. The van der Waals surface area contributed by atoms with Gasteiger partial charge in [0.2, 0.25) is 0 Å². The molecule has 0 saturated heterocycles. The Labute approximate surface area is 101 Å². The van der Waals surface area contributed by atoms with Crippen LogP contribution in [0.4, 0.5) is 0 Å². The summed E-state index contributed by atoms with van der Waals surface area (Å²) in [5.41, 5.74) is 0.590. The monoisotopic (exact) mass is 237 g/mol. The van der Waals surface area contributed by atoms with E-state index in [1.807, 2.05) is 0 Å². The van der Waals surface area contributed by atoms with Crippen molar-refractivity contribution in [2.24, 2.45) is 0 Å². The largest absolute Gasteiger partial charge is 1.00 e. The fourth-order valence-electron chi connectivity index (χ4n) is 0.754. The molecule has 0 saturated carbocycles. The minimum Gasteiger partial charge on any atom is -0.543 e. The molecule has 0 spiro atoms. The minimum atomic E-state index is -1.24. The van der Waals surface area contributed by atoms with Crippen LogP contribution in [0.25, 0.3) is 0 Å². The van der Waals surface area contributed by atoms with Crippen LogP contribution in [0.3, 0.4) is 0 Å². The number of rotatable bonds is 1. The van der Waals surface area contributed by atoms with E-state index in [1.54, 1.807) is 13.0 Å². The van der Waals surface area contributed by atoms with Crippen molar-refractivity contribution in [3.05, 3.63) is 28.0 Å². The number of aromatic nitrogens is 1. The van der Waals surface area contributed by atoms with Crippen LogP contribution in [-0.4, -0.2) is 11.0 Å². The van der Waals surface area contributed by atoms with Gasteiger partial charge in [0.1, 0.15) is 0 Å². The van der Waals surface area contributed by atoms with Gasteiger partial charge in [-0.2, -0.15) is 0 Å². The first-order valence-corrected chi connectivity index (χ1v) is 3.74. The summed E-state index contributed by atoms with van der Waals surface area (Å²) in [6, 6.07) is 1.68. The molecule has 12 heavy (non-hydrogen) atoms. The Hall–Kier alpha value is 0.100. The Bertz CT molecular complexity index is 303. The normalized spacial score (nSPS) is 8.83. The Morgan fingerprint density at radius 2 is 2.25 bits per heavy atom. The van der Waals surface area contributed by atoms with Gasteiger partial charge in [-0.05, 0) is 34.5 Å². The van der Waals surface area contributed by atoms with Gasteiger partial charge in [0, 0.05) is 10.7 Å². The van der Waals surface area contributed by atoms with Crippen LogP contribution < -0.4 is 34.7 Å². The Morgan fingerprint density at radius 1 is 1.67 bits per heavy atom. The molecule has 0 radical (unpaired) electrons. The van der Waals surface area contributed by atoms with Gasteiger partial charge in [-0.1, -0.05) is 0 Å². The molecule has 0 atom stereocenters. The first-order chi connectivity index (χ1) is 5.11. The van der Waals surface area contributed by atoms with Gasteiger partial charge in [-0.15, -0.1) is 0 Å². The molecule has 0 N–H and O–H groups in total. The van der Waals surface area contributed by atoms with Gasteiger partial charge in [-0.3, -0.25) is 4.98 Å². The topological polar surface area (TPSA) is 53.0 Å². The number of nitrogens with zero attached hydrogens (tertiary/aromatic N) is 1. The second-order valence-electron chi connectivity index (χ2n) is 2.11. The molecule has 0 amide bonds. The van der Waals surface area contributed by atoms with Crippen molar-refractivity contribution in [3.63, 3.8) is 0 Å². The number of pyridine rings is 1. The molecular formula is C7H5BrNNaO2. The molecule has 1 rings (SSSR count). The molecule has 3 nitrogen and oxygen atoms in total. The van der Waals surface area contributed by atoms with Gasteiger partial charge in [-0.25, -0.2) is 0 Å². The van der Waals surface area contributed by atoms with E-state index >= 15 is 0 Å². The first kappa shape index (κ1) is 12.1. The molecule has 0 fully saturated rings. The molecule has 1 heterocycles. The average molecular weight is 238 g/mol. The zero-order valence-corrected chi connectivity index (χ0v) is 10.4. The van der Waals surface area contributed by atoms with E-state index in [-0.39, 0.29) is 35.3 Å². The number of hydrogen-bond acceptors (Lipinski definition) is 3. The maximum Gasteiger partial charge on any atom is 1.00 e. The molecule has 0 aliphatic heterocycles. The Kier molecular flexibility index (Phi) is 5.01. The van der Waals surface area contributed by atoms with Crippen molar-refractivity contribution >= 4 is 21.9 Å². The fraction of sp³-hybridized carbons (Fsp3) is 0.143. The van der Waals surface area contributed by atoms with E-state index in [0.29, 0.717) is 5.56 Å². The third-order valence-corrected chi connectivity index (χ3v) is 1.67.